The third-order valence-corrected chi connectivity index (χ3v) is 5.23. The van der Waals surface area contributed by atoms with Gasteiger partial charge >= 0.3 is 0 Å². The van der Waals surface area contributed by atoms with E-state index in [4.69, 9.17) is 0 Å². The Kier molecular flexibility index (Phi) is 4.36. The molecule has 132 valence electrons. The number of anilines is 1. The Morgan fingerprint density at radius 3 is 2.08 bits per heavy atom. The summed E-state index contributed by atoms with van der Waals surface area (Å²) in [4.78, 5) is 29.5. The van der Waals surface area contributed by atoms with Crippen LogP contribution >= 0.6 is 15.9 Å². The van der Waals surface area contributed by atoms with E-state index in [1.54, 1.807) is 36.4 Å². The molecule has 2 aromatic carbocycles. The summed E-state index contributed by atoms with van der Waals surface area (Å²) in [6.45, 7) is 1.49. The van der Waals surface area contributed by atoms with Gasteiger partial charge in [-0.15, -0.1) is 0 Å². The highest BCUT2D eigenvalue weighted by molar-refractivity contribution is 9.10. The molecule has 2 aliphatic heterocycles. The van der Waals surface area contributed by atoms with Crippen LogP contribution in [0.1, 0.15) is 18.4 Å². The van der Waals surface area contributed by atoms with Gasteiger partial charge in [0.1, 0.15) is 11.5 Å². The summed E-state index contributed by atoms with van der Waals surface area (Å²) in [5.41, 5.74) is 1.85. The molecular weight excluding hydrogens is 399 g/mol. The minimum Gasteiger partial charge on any atom is -0.366 e. The molecule has 4 nitrogen and oxygen atoms in total. The van der Waals surface area contributed by atoms with Crippen LogP contribution in [-0.4, -0.2) is 29.8 Å². The highest BCUT2D eigenvalue weighted by Gasteiger charge is 2.42. The maximum absolute atomic E-state index is 13.3. The molecule has 0 atom stereocenters. The molecule has 0 aliphatic carbocycles. The summed E-state index contributed by atoms with van der Waals surface area (Å²) >= 11 is 3.36. The highest BCUT2D eigenvalue weighted by atomic mass is 79.9. The third kappa shape index (κ3) is 2.84. The monoisotopic (exact) mass is 414 g/mol. The molecule has 2 aromatic rings. The van der Waals surface area contributed by atoms with Gasteiger partial charge in [0.2, 0.25) is 0 Å². The molecule has 0 spiro atoms. The van der Waals surface area contributed by atoms with Gasteiger partial charge in [-0.1, -0.05) is 28.1 Å². The van der Waals surface area contributed by atoms with Crippen molar-refractivity contribution in [2.75, 3.05) is 18.0 Å². The average molecular weight is 415 g/mol. The molecule has 0 unspecified atom stereocenters. The number of rotatable bonds is 3. The molecule has 0 bridgehead atoms. The lowest BCUT2D eigenvalue weighted by Gasteiger charge is -2.20. The summed E-state index contributed by atoms with van der Waals surface area (Å²) < 4.78 is 14.2. The summed E-state index contributed by atoms with van der Waals surface area (Å²) in [7, 11) is 0. The molecule has 2 heterocycles. The van der Waals surface area contributed by atoms with Crippen LogP contribution in [0, 0.1) is 5.82 Å². The topological polar surface area (TPSA) is 40.6 Å². The molecule has 0 saturated carbocycles. The SMILES string of the molecule is O=C1C(c2ccc(F)cc2)=C(N2CCCC2)C(=O)N1c1ccc(Br)cc1. The molecule has 0 N–H and O–H groups in total. The predicted molar refractivity (Wildman–Crippen MR) is 101 cm³/mol. The van der Waals surface area contributed by atoms with E-state index in [2.05, 4.69) is 15.9 Å². The van der Waals surface area contributed by atoms with E-state index in [0.29, 0.717) is 22.5 Å². The van der Waals surface area contributed by atoms with E-state index in [1.165, 1.54) is 17.0 Å². The fourth-order valence-electron chi connectivity index (χ4n) is 3.45. The zero-order valence-corrected chi connectivity index (χ0v) is 15.5. The summed E-state index contributed by atoms with van der Waals surface area (Å²) in [6.07, 6.45) is 1.97. The molecule has 2 aliphatic rings. The Morgan fingerprint density at radius 2 is 1.46 bits per heavy atom. The molecule has 1 fully saturated rings. The van der Waals surface area contributed by atoms with Crippen molar-refractivity contribution in [3.63, 3.8) is 0 Å². The van der Waals surface area contributed by atoms with Crippen molar-refractivity contribution >= 4 is 39.0 Å². The molecule has 2 amide bonds. The zero-order valence-electron chi connectivity index (χ0n) is 13.9. The number of amides is 2. The average Bonchev–Trinajstić information content (AvgIpc) is 3.23. The van der Waals surface area contributed by atoms with Crippen LogP contribution in [0.4, 0.5) is 10.1 Å². The quantitative estimate of drug-likeness (QED) is 0.713. The lowest BCUT2D eigenvalue weighted by molar-refractivity contribution is -0.120. The Balaban J connectivity index is 1.82. The first kappa shape index (κ1) is 17.0. The Bertz CT molecular complexity index is 900. The molecule has 4 rings (SSSR count). The fourth-order valence-corrected chi connectivity index (χ4v) is 3.72. The maximum Gasteiger partial charge on any atom is 0.282 e. The lowest BCUT2D eigenvalue weighted by atomic mass is 10.0. The number of imide groups is 1. The first-order valence-electron chi connectivity index (χ1n) is 8.46. The normalized spacial score (nSPS) is 17.6. The van der Waals surface area contributed by atoms with E-state index in [0.717, 1.165) is 30.4 Å². The van der Waals surface area contributed by atoms with Crippen molar-refractivity contribution in [3.05, 3.63) is 70.1 Å². The first-order chi connectivity index (χ1) is 12.6. The number of carbonyl (C=O) groups excluding carboxylic acids is 2. The van der Waals surface area contributed by atoms with Crippen molar-refractivity contribution in [1.82, 2.24) is 4.90 Å². The van der Waals surface area contributed by atoms with Crippen LogP contribution in [0.3, 0.4) is 0 Å². The van der Waals surface area contributed by atoms with Crippen LogP contribution in [0.15, 0.2) is 58.7 Å². The molecular formula is C20H16BrFN2O2. The number of carbonyl (C=O) groups is 2. The van der Waals surface area contributed by atoms with E-state index < -0.39 is 0 Å². The minimum atomic E-state index is -0.376. The second kappa shape index (κ2) is 6.68. The molecule has 0 radical (unpaired) electrons. The lowest BCUT2D eigenvalue weighted by Crippen LogP contribution is -2.34. The van der Waals surface area contributed by atoms with Crippen molar-refractivity contribution < 1.29 is 14.0 Å². The number of nitrogens with zero attached hydrogens (tertiary/aromatic N) is 2. The molecule has 6 heteroatoms. The van der Waals surface area contributed by atoms with Crippen molar-refractivity contribution in [2.45, 2.75) is 12.8 Å². The fraction of sp³-hybridized carbons (Fsp3) is 0.200. The summed E-state index contributed by atoms with van der Waals surface area (Å²) in [5, 5.41) is 0. The van der Waals surface area contributed by atoms with Gasteiger partial charge in [-0.05, 0) is 54.8 Å². The van der Waals surface area contributed by atoms with Gasteiger partial charge in [0.15, 0.2) is 0 Å². The van der Waals surface area contributed by atoms with E-state index in [1.807, 2.05) is 4.90 Å². The Hall–Kier alpha value is -2.47. The second-order valence-corrected chi connectivity index (χ2v) is 7.26. The minimum absolute atomic E-state index is 0.321. The Morgan fingerprint density at radius 1 is 0.846 bits per heavy atom. The zero-order chi connectivity index (χ0) is 18.3. The van der Waals surface area contributed by atoms with Gasteiger partial charge in [-0.2, -0.15) is 0 Å². The van der Waals surface area contributed by atoms with Gasteiger partial charge in [-0.3, -0.25) is 9.59 Å². The van der Waals surface area contributed by atoms with Gasteiger partial charge in [0.05, 0.1) is 11.3 Å². The molecule has 0 aromatic heterocycles. The largest absolute Gasteiger partial charge is 0.366 e. The van der Waals surface area contributed by atoms with Crippen LogP contribution in [-0.2, 0) is 9.59 Å². The van der Waals surface area contributed by atoms with Crippen LogP contribution in [0.5, 0.6) is 0 Å². The van der Waals surface area contributed by atoms with Crippen LogP contribution in [0.2, 0.25) is 0 Å². The van der Waals surface area contributed by atoms with Crippen LogP contribution < -0.4 is 4.90 Å². The second-order valence-electron chi connectivity index (χ2n) is 6.35. The van der Waals surface area contributed by atoms with Crippen molar-refractivity contribution in [3.8, 4) is 0 Å². The van der Waals surface area contributed by atoms with E-state index in [-0.39, 0.29) is 17.6 Å². The maximum atomic E-state index is 13.3. The smallest absolute Gasteiger partial charge is 0.282 e. The molecule has 1 saturated heterocycles. The third-order valence-electron chi connectivity index (χ3n) is 4.70. The number of hydrogen-bond donors (Lipinski definition) is 0. The predicted octanol–water partition coefficient (Wildman–Crippen LogP) is 3.97. The standard InChI is InChI=1S/C20H16BrFN2O2/c21-14-5-9-16(10-6-14)24-19(25)17(13-3-7-15(22)8-4-13)18(20(24)26)23-11-1-2-12-23/h3-10H,1-2,11-12H2. The van der Waals surface area contributed by atoms with Gasteiger partial charge in [-0.25, -0.2) is 9.29 Å². The van der Waals surface area contributed by atoms with E-state index in [9.17, 15) is 14.0 Å². The van der Waals surface area contributed by atoms with Gasteiger partial charge < -0.3 is 4.90 Å². The number of likely N-dealkylation sites (tertiary alicyclic amines) is 1. The molecule has 26 heavy (non-hydrogen) atoms. The number of hydrogen-bond acceptors (Lipinski definition) is 3. The van der Waals surface area contributed by atoms with Gasteiger partial charge in [0.25, 0.3) is 11.8 Å². The first-order valence-corrected chi connectivity index (χ1v) is 9.25. The van der Waals surface area contributed by atoms with Gasteiger partial charge in [0, 0.05) is 17.6 Å². The summed E-state index contributed by atoms with van der Waals surface area (Å²) in [6, 6.07) is 12.8. The van der Waals surface area contributed by atoms with Crippen molar-refractivity contribution in [2.24, 2.45) is 0 Å². The van der Waals surface area contributed by atoms with Crippen LogP contribution in [0.25, 0.3) is 5.57 Å². The summed E-state index contributed by atoms with van der Waals surface area (Å²) in [5.74, 6) is -1.07. The highest BCUT2D eigenvalue weighted by Crippen LogP contribution is 2.36. The van der Waals surface area contributed by atoms with E-state index >= 15 is 0 Å². The Labute approximate surface area is 159 Å². The van der Waals surface area contributed by atoms with Crippen molar-refractivity contribution in [1.29, 1.82) is 0 Å². The number of benzene rings is 2. The number of halogens is 2.